The van der Waals surface area contributed by atoms with Crippen molar-refractivity contribution >= 4 is 39.1 Å². The van der Waals surface area contributed by atoms with Crippen molar-refractivity contribution in [2.75, 3.05) is 5.75 Å². The molecule has 0 saturated carbocycles. The van der Waals surface area contributed by atoms with Crippen molar-refractivity contribution in [1.82, 2.24) is 9.55 Å². The van der Waals surface area contributed by atoms with Gasteiger partial charge in [0.15, 0.2) is 10.9 Å². The summed E-state index contributed by atoms with van der Waals surface area (Å²) in [5.41, 5.74) is 2.80. The molecule has 0 amide bonds. The Balaban J connectivity index is 1.92. The molecule has 0 aliphatic rings. The molecule has 4 nitrogen and oxygen atoms in total. The number of ketones is 1. The molecular weight excluding hydrogens is 352 g/mol. The fourth-order valence-electron chi connectivity index (χ4n) is 2.65. The molecule has 130 valence electrons. The Bertz CT molecular complexity index is 1000. The normalized spacial score (nSPS) is 11.2. The van der Waals surface area contributed by atoms with E-state index in [9.17, 15) is 9.59 Å². The van der Waals surface area contributed by atoms with Gasteiger partial charge in [0.2, 0.25) is 0 Å². The zero-order valence-electron chi connectivity index (χ0n) is 14.8. The van der Waals surface area contributed by atoms with Crippen molar-refractivity contribution in [3.05, 3.63) is 56.2 Å². The SMILES string of the molecule is CCn1c(SCC(=O)c2ccc(C)cc2)nc2sc(C)c(C)c2c1=O. The van der Waals surface area contributed by atoms with Crippen LogP contribution in [0.2, 0.25) is 0 Å². The number of thiophene rings is 1. The Labute approximate surface area is 154 Å². The van der Waals surface area contributed by atoms with E-state index in [1.165, 1.54) is 23.1 Å². The maximum absolute atomic E-state index is 12.8. The molecule has 0 fully saturated rings. The van der Waals surface area contributed by atoms with Crippen LogP contribution >= 0.6 is 23.1 Å². The number of Topliss-reactive ketones (excluding diaryl/α,β-unsaturated/α-hetero) is 1. The Morgan fingerprint density at radius 2 is 1.88 bits per heavy atom. The summed E-state index contributed by atoms with van der Waals surface area (Å²) in [6.45, 7) is 8.43. The summed E-state index contributed by atoms with van der Waals surface area (Å²) in [5, 5.41) is 1.32. The van der Waals surface area contributed by atoms with E-state index in [1.807, 2.05) is 52.0 Å². The van der Waals surface area contributed by atoms with Crippen molar-refractivity contribution < 1.29 is 4.79 Å². The first kappa shape index (κ1) is 17.9. The highest BCUT2D eigenvalue weighted by Crippen LogP contribution is 2.28. The lowest BCUT2D eigenvalue weighted by Gasteiger charge is -2.09. The zero-order chi connectivity index (χ0) is 18.1. The number of carbonyl (C=O) groups is 1. The van der Waals surface area contributed by atoms with Crippen LogP contribution in [0.3, 0.4) is 0 Å². The van der Waals surface area contributed by atoms with Crippen molar-refractivity contribution in [3.8, 4) is 0 Å². The molecule has 1 aromatic carbocycles. The van der Waals surface area contributed by atoms with Gasteiger partial charge in [0.25, 0.3) is 5.56 Å². The molecule has 2 heterocycles. The molecule has 6 heteroatoms. The molecule has 0 spiro atoms. The van der Waals surface area contributed by atoms with Crippen LogP contribution in [0.1, 0.15) is 33.3 Å². The summed E-state index contributed by atoms with van der Waals surface area (Å²) >= 11 is 2.87. The second-order valence-corrected chi connectivity index (χ2v) is 8.13. The minimum Gasteiger partial charge on any atom is -0.293 e. The number of rotatable bonds is 5. The Hall–Kier alpha value is -1.92. The molecule has 2 aromatic heterocycles. The number of carbonyl (C=O) groups excluding carboxylic acids is 1. The van der Waals surface area contributed by atoms with Crippen molar-refractivity contribution in [3.63, 3.8) is 0 Å². The number of hydrogen-bond acceptors (Lipinski definition) is 5. The van der Waals surface area contributed by atoms with Crippen LogP contribution in [-0.2, 0) is 6.54 Å². The Morgan fingerprint density at radius 1 is 1.20 bits per heavy atom. The van der Waals surface area contributed by atoms with Gasteiger partial charge in [0.05, 0.1) is 11.1 Å². The average molecular weight is 373 g/mol. The van der Waals surface area contributed by atoms with Gasteiger partial charge in [0, 0.05) is 17.0 Å². The first-order valence-corrected chi connectivity index (χ1v) is 9.95. The van der Waals surface area contributed by atoms with Gasteiger partial charge in [-0.25, -0.2) is 4.98 Å². The van der Waals surface area contributed by atoms with E-state index < -0.39 is 0 Å². The smallest absolute Gasteiger partial charge is 0.263 e. The highest BCUT2D eigenvalue weighted by molar-refractivity contribution is 7.99. The molecule has 0 bridgehead atoms. The van der Waals surface area contributed by atoms with Crippen LogP contribution in [0, 0.1) is 20.8 Å². The number of thioether (sulfide) groups is 1. The van der Waals surface area contributed by atoms with Crippen molar-refractivity contribution in [2.45, 2.75) is 39.4 Å². The maximum Gasteiger partial charge on any atom is 0.263 e. The van der Waals surface area contributed by atoms with Crippen LogP contribution < -0.4 is 5.56 Å². The van der Waals surface area contributed by atoms with Gasteiger partial charge in [-0.05, 0) is 33.3 Å². The van der Waals surface area contributed by atoms with Gasteiger partial charge < -0.3 is 0 Å². The lowest BCUT2D eigenvalue weighted by Crippen LogP contribution is -2.22. The third-order valence-electron chi connectivity index (χ3n) is 4.28. The van der Waals surface area contributed by atoms with E-state index in [2.05, 4.69) is 4.98 Å². The number of benzene rings is 1. The zero-order valence-corrected chi connectivity index (χ0v) is 16.4. The molecule has 0 unspecified atom stereocenters. The summed E-state index contributed by atoms with van der Waals surface area (Å²) in [6, 6.07) is 7.55. The minimum atomic E-state index is -0.0142. The van der Waals surface area contributed by atoms with Gasteiger partial charge >= 0.3 is 0 Å². The van der Waals surface area contributed by atoms with Crippen molar-refractivity contribution in [1.29, 1.82) is 0 Å². The fourth-order valence-corrected chi connectivity index (χ4v) is 4.68. The van der Waals surface area contributed by atoms with Gasteiger partial charge in [-0.2, -0.15) is 0 Å². The predicted octanol–water partition coefficient (Wildman–Crippen LogP) is 4.38. The van der Waals surface area contributed by atoms with Gasteiger partial charge in [0.1, 0.15) is 4.83 Å². The van der Waals surface area contributed by atoms with Crippen LogP contribution in [0.4, 0.5) is 0 Å². The first-order chi connectivity index (χ1) is 11.9. The molecule has 0 N–H and O–H groups in total. The second-order valence-electron chi connectivity index (χ2n) is 5.99. The number of aromatic nitrogens is 2. The maximum atomic E-state index is 12.8. The number of aryl methyl sites for hydroxylation is 3. The van der Waals surface area contributed by atoms with E-state index in [0.717, 1.165) is 20.8 Å². The third kappa shape index (κ3) is 3.41. The summed E-state index contributed by atoms with van der Waals surface area (Å²) in [5.74, 6) is 0.310. The first-order valence-electron chi connectivity index (χ1n) is 8.15. The number of hydrogen-bond donors (Lipinski definition) is 0. The molecule has 25 heavy (non-hydrogen) atoms. The topological polar surface area (TPSA) is 52.0 Å². The van der Waals surface area contributed by atoms with Crippen LogP contribution in [-0.4, -0.2) is 21.1 Å². The lowest BCUT2D eigenvalue weighted by atomic mass is 10.1. The summed E-state index contributed by atoms with van der Waals surface area (Å²) in [6.07, 6.45) is 0. The predicted molar refractivity (Wildman–Crippen MR) is 105 cm³/mol. The number of nitrogens with zero attached hydrogens (tertiary/aromatic N) is 2. The highest BCUT2D eigenvalue weighted by atomic mass is 32.2. The Kier molecular flexibility index (Phi) is 5.11. The summed E-state index contributed by atoms with van der Waals surface area (Å²) in [4.78, 5) is 31.7. The Morgan fingerprint density at radius 3 is 2.52 bits per heavy atom. The molecular formula is C19H20N2O2S2. The molecule has 0 aliphatic heterocycles. The molecule has 0 atom stereocenters. The van der Waals surface area contributed by atoms with Crippen LogP contribution in [0.15, 0.2) is 34.2 Å². The summed E-state index contributed by atoms with van der Waals surface area (Å²) in [7, 11) is 0. The van der Waals surface area contributed by atoms with E-state index in [-0.39, 0.29) is 17.1 Å². The van der Waals surface area contributed by atoms with Crippen LogP contribution in [0.25, 0.3) is 10.2 Å². The van der Waals surface area contributed by atoms with E-state index in [0.29, 0.717) is 22.7 Å². The van der Waals surface area contributed by atoms with Gasteiger partial charge in [-0.1, -0.05) is 41.6 Å². The van der Waals surface area contributed by atoms with Gasteiger partial charge in [-0.3, -0.25) is 14.2 Å². The van der Waals surface area contributed by atoms with E-state index in [1.54, 1.807) is 4.57 Å². The standard InChI is InChI=1S/C19H20N2O2S2/c1-5-21-18(23)16-12(3)13(4)25-17(16)20-19(21)24-10-15(22)14-8-6-11(2)7-9-14/h6-9H,5,10H2,1-4H3. The molecule has 0 radical (unpaired) electrons. The van der Waals surface area contributed by atoms with E-state index >= 15 is 0 Å². The monoisotopic (exact) mass is 372 g/mol. The molecule has 3 aromatic rings. The molecule has 3 rings (SSSR count). The molecule has 0 aliphatic carbocycles. The third-order valence-corrected chi connectivity index (χ3v) is 6.35. The van der Waals surface area contributed by atoms with Gasteiger partial charge in [-0.15, -0.1) is 11.3 Å². The largest absolute Gasteiger partial charge is 0.293 e. The number of fused-ring (bicyclic) bond motifs is 1. The highest BCUT2D eigenvalue weighted by Gasteiger charge is 2.17. The van der Waals surface area contributed by atoms with Crippen LogP contribution in [0.5, 0.6) is 0 Å². The second kappa shape index (κ2) is 7.14. The average Bonchev–Trinajstić information content (AvgIpc) is 2.88. The fraction of sp³-hybridized carbons (Fsp3) is 0.316. The van der Waals surface area contributed by atoms with Crippen molar-refractivity contribution in [2.24, 2.45) is 0 Å². The lowest BCUT2D eigenvalue weighted by molar-refractivity contribution is 0.102. The van der Waals surface area contributed by atoms with E-state index in [4.69, 9.17) is 0 Å². The quantitative estimate of drug-likeness (QED) is 0.379. The summed E-state index contributed by atoms with van der Waals surface area (Å²) < 4.78 is 1.66. The minimum absolute atomic E-state index is 0.0142. The molecule has 0 saturated heterocycles.